The Morgan fingerprint density at radius 2 is 1.89 bits per heavy atom. The van der Waals surface area contributed by atoms with Gasteiger partial charge in [-0.15, -0.1) is 0 Å². The molecular formula is C12H9ClFN3O2. The molecule has 5 nitrogen and oxygen atoms in total. The third-order valence-electron chi connectivity index (χ3n) is 2.48. The van der Waals surface area contributed by atoms with E-state index in [4.69, 9.17) is 21.1 Å². The summed E-state index contributed by atoms with van der Waals surface area (Å²) in [4.78, 5) is 7.22. The van der Waals surface area contributed by atoms with Crippen LogP contribution in [0, 0.1) is 5.95 Å². The number of nitrogens with one attached hydrogen (secondary N) is 1. The second-order valence-corrected chi connectivity index (χ2v) is 4.17. The van der Waals surface area contributed by atoms with Gasteiger partial charge in [-0.2, -0.15) is 9.37 Å². The number of anilines is 2. The van der Waals surface area contributed by atoms with Crippen LogP contribution < -0.4 is 14.8 Å². The summed E-state index contributed by atoms with van der Waals surface area (Å²) >= 11 is 5.58. The molecule has 0 aliphatic carbocycles. The molecular weight excluding hydrogens is 273 g/mol. The van der Waals surface area contributed by atoms with Crippen molar-refractivity contribution in [2.45, 2.75) is 0 Å². The van der Waals surface area contributed by atoms with Gasteiger partial charge in [-0.05, 0) is 23.7 Å². The molecule has 0 radical (unpaired) electrons. The van der Waals surface area contributed by atoms with Gasteiger partial charge in [-0.3, -0.25) is 0 Å². The molecule has 0 saturated heterocycles. The predicted molar refractivity (Wildman–Crippen MR) is 67.7 cm³/mol. The molecule has 19 heavy (non-hydrogen) atoms. The first-order chi connectivity index (χ1) is 9.20. The quantitative estimate of drug-likeness (QED) is 0.677. The van der Waals surface area contributed by atoms with E-state index in [1.54, 1.807) is 18.2 Å². The normalized spacial score (nSPS) is 13.2. The lowest BCUT2D eigenvalue weighted by Crippen LogP contribution is -2.15. The van der Waals surface area contributed by atoms with E-state index in [2.05, 4.69) is 15.3 Å². The minimum absolute atomic E-state index is 0.153. The van der Waals surface area contributed by atoms with Crippen LogP contribution in [0.5, 0.6) is 11.5 Å². The van der Waals surface area contributed by atoms with Crippen molar-refractivity contribution in [3.63, 3.8) is 0 Å². The Bertz CT molecular complexity index is 604. The van der Waals surface area contributed by atoms with Gasteiger partial charge < -0.3 is 14.8 Å². The first-order valence-corrected chi connectivity index (χ1v) is 5.95. The summed E-state index contributed by atoms with van der Waals surface area (Å²) in [5.41, 5.74) is 0.693. The average molecular weight is 282 g/mol. The number of aromatic nitrogens is 2. The van der Waals surface area contributed by atoms with Gasteiger partial charge >= 0.3 is 0 Å². The second kappa shape index (κ2) is 4.89. The zero-order valence-corrected chi connectivity index (χ0v) is 10.4. The highest BCUT2D eigenvalue weighted by molar-refractivity contribution is 6.28. The first-order valence-electron chi connectivity index (χ1n) is 5.57. The molecule has 0 spiro atoms. The van der Waals surface area contributed by atoms with Gasteiger partial charge in [-0.1, -0.05) is 0 Å². The van der Waals surface area contributed by atoms with E-state index in [0.717, 1.165) is 6.07 Å². The maximum Gasteiger partial charge on any atom is 0.227 e. The molecule has 1 aromatic heterocycles. The van der Waals surface area contributed by atoms with E-state index >= 15 is 0 Å². The lowest BCUT2D eigenvalue weighted by atomic mass is 10.2. The second-order valence-electron chi connectivity index (χ2n) is 3.83. The SMILES string of the molecule is Fc1cc(Nc2ccc3c(c2)OCCO3)nc(Cl)n1. The maximum atomic E-state index is 13.1. The van der Waals surface area contributed by atoms with Crippen LogP contribution in [-0.2, 0) is 0 Å². The first kappa shape index (κ1) is 12.0. The largest absolute Gasteiger partial charge is 0.486 e. The average Bonchev–Trinajstić information content (AvgIpc) is 2.37. The van der Waals surface area contributed by atoms with Crippen LogP contribution in [0.3, 0.4) is 0 Å². The summed E-state index contributed by atoms with van der Waals surface area (Å²) in [5, 5.41) is 2.77. The molecule has 1 aromatic carbocycles. The summed E-state index contributed by atoms with van der Waals surface area (Å²) in [6, 6.07) is 6.46. The zero-order valence-electron chi connectivity index (χ0n) is 9.69. The van der Waals surface area contributed by atoms with E-state index in [0.29, 0.717) is 30.4 Å². The number of fused-ring (bicyclic) bond motifs is 1. The third kappa shape index (κ3) is 2.68. The molecule has 2 heterocycles. The van der Waals surface area contributed by atoms with Crippen LogP contribution in [0.2, 0.25) is 5.28 Å². The summed E-state index contributed by atoms with van der Waals surface area (Å²) in [5.74, 6) is 0.898. The smallest absolute Gasteiger partial charge is 0.227 e. The maximum absolute atomic E-state index is 13.1. The number of hydrogen-bond donors (Lipinski definition) is 1. The van der Waals surface area contributed by atoms with Gasteiger partial charge in [0.1, 0.15) is 19.0 Å². The van der Waals surface area contributed by atoms with Crippen molar-refractivity contribution in [2.24, 2.45) is 0 Å². The number of benzene rings is 1. The zero-order chi connectivity index (χ0) is 13.2. The van der Waals surface area contributed by atoms with Crippen molar-refractivity contribution in [1.29, 1.82) is 0 Å². The van der Waals surface area contributed by atoms with Crippen LogP contribution in [-0.4, -0.2) is 23.2 Å². The van der Waals surface area contributed by atoms with Crippen molar-refractivity contribution in [3.8, 4) is 11.5 Å². The summed E-state index contributed by atoms with van der Waals surface area (Å²) in [7, 11) is 0. The molecule has 7 heteroatoms. The predicted octanol–water partition coefficient (Wildman–Crippen LogP) is 2.78. The van der Waals surface area contributed by atoms with Gasteiger partial charge in [0.05, 0.1) is 0 Å². The van der Waals surface area contributed by atoms with Crippen LogP contribution in [0.1, 0.15) is 0 Å². The van der Waals surface area contributed by atoms with Gasteiger partial charge in [0.25, 0.3) is 0 Å². The molecule has 0 unspecified atom stereocenters. The van der Waals surface area contributed by atoms with E-state index in [1.807, 2.05) is 0 Å². The highest BCUT2D eigenvalue weighted by atomic mass is 35.5. The third-order valence-corrected chi connectivity index (χ3v) is 2.65. The molecule has 2 aromatic rings. The van der Waals surface area contributed by atoms with Crippen LogP contribution in [0.4, 0.5) is 15.9 Å². The molecule has 1 N–H and O–H groups in total. The topological polar surface area (TPSA) is 56.3 Å². The number of hydrogen-bond acceptors (Lipinski definition) is 5. The highest BCUT2D eigenvalue weighted by Crippen LogP contribution is 2.33. The van der Waals surface area contributed by atoms with Crippen molar-refractivity contribution in [2.75, 3.05) is 18.5 Å². The molecule has 0 fully saturated rings. The Labute approximate surface area is 113 Å². The monoisotopic (exact) mass is 281 g/mol. The van der Waals surface area contributed by atoms with E-state index < -0.39 is 5.95 Å². The molecule has 0 bridgehead atoms. The highest BCUT2D eigenvalue weighted by Gasteiger charge is 2.12. The molecule has 98 valence electrons. The van der Waals surface area contributed by atoms with E-state index in [9.17, 15) is 4.39 Å². The molecule has 1 aliphatic heterocycles. The minimum Gasteiger partial charge on any atom is -0.486 e. The lowest BCUT2D eigenvalue weighted by Gasteiger charge is -2.19. The van der Waals surface area contributed by atoms with E-state index in [1.165, 1.54) is 0 Å². The van der Waals surface area contributed by atoms with Gasteiger partial charge in [0, 0.05) is 17.8 Å². The molecule has 0 saturated carbocycles. The standard InChI is InChI=1S/C12H9ClFN3O2/c13-12-16-10(14)6-11(17-12)15-7-1-2-8-9(5-7)19-4-3-18-8/h1-2,5-6H,3-4H2,(H,15,16,17). The van der Waals surface area contributed by atoms with Crippen molar-refractivity contribution in [3.05, 3.63) is 35.5 Å². The molecule has 0 atom stereocenters. The lowest BCUT2D eigenvalue weighted by molar-refractivity contribution is 0.171. The Morgan fingerprint density at radius 1 is 1.11 bits per heavy atom. The summed E-state index contributed by atoms with van der Waals surface area (Å²) in [6.07, 6.45) is 0. The Balaban J connectivity index is 1.86. The fraction of sp³-hybridized carbons (Fsp3) is 0.167. The van der Waals surface area contributed by atoms with Gasteiger partial charge in [0.2, 0.25) is 11.2 Å². The summed E-state index contributed by atoms with van der Waals surface area (Å²) < 4.78 is 23.9. The van der Waals surface area contributed by atoms with Crippen LogP contribution >= 0.6 is 11.6 Å². The number of halogens is 2. The van der Waals surface area contributed by atoms with Crippen molar-refractivity contribution < 1.29 is 13.9 Å². The Kier molecular flexibility index (Phi) is 3.08. The van der Waals surface area contributed by atoms with Crippen LogP contribution in [0.25, 0.3) is 0 Å². The fourth-order valence-corrected chi connectivity index (χ4v) is 1.89. The van der Waals surface area contributed by atoms with Gasteiger partial charge in [0.15, 0.2) is 11.5 Å². The summed E-state index contributed by atoms with van der Waals surface area (Å²) in [6.45, 7) is 1.04. The number of ether oxygens (including phenoxy) is 2. The van der Waals surface area contributed by atoms with Crippen molar-refractivity contribution >= 4 is 23.1 Å². The minimum atomic E-state index is -0.694. The molecule has 0 amide bonds. The van der Waals surface area contributed by atoms with Crippen LogP contribution in [0.15, 0.2) is 24.3 Å². The Morgan fingerprint density at radius 3 is 2.68 bits per heavy atom. The van der Waals surface area contributed by atoms with Crippen molar-refractivity contribution in [1.82, 2.24) is 9.97 Å². The van der Waals surface area contributed by atoms with Gasteiger partial charge in [-0.25, -0.2) is 4.98 Å². The molecule has 1 aliphatic rings. The Hall–Kier alpha value is -2.08. The van der Waals surface area contributed by atoms with E-state index in [-0.39, 0.29) is 11.1 Å². The fourth-order valence-electron chi connectivity index (χ4n) is 1.72. The number of nitrogens with zero attached hydrogens (tertiary/aromatic N) is 2. The number of rotatable bonds is 2. The molecule has 3 rings (SSSR count).